The van der Waals surface area contributed by atoms with Crippen LogP contribution in [0.25, 0.3) is 22.1 Å². The standard InChI is InChI=1S/C16H11ClO2/c1-10-14(11-6-3-2-4-7-11)16(18)15-12(17)8-5-9-13(15)19-10/h2-9H,1H3. The van der Waals surface area contributed by atoms with Crippen molar-refractivity contribution in [2.45, 2.75) is 6.92 Å². The fourth-order valence-corrected chi connectivity index (χ4v) is 2.50. The van der Waals surface area contributed by atoms with Gasteiger partial charge in [0.25, 0.3) is 0 Å². The molecule has 2 aromatic carbocycles. The molecule has 1 aromatic heterocycles. The topological polar surface area (TPSA) is 30.2 Å². The van der Waals surface area contributed by atoms with Gasteiger partial charge in [0.05, 0.1) is 16.0 Å². The van der Waals surface area contributed by atoms with E-state index < -0.39 is 0 Å². The first-order valence-electron chi connectivity index (χ1n) is 5.96. The van der Waals surface area contributed by atoms with Gasteiger partial charge >= 0.3 is 0 Å². The maximum Gasteiger partial charge on any atom is 0.202 e. The van der Waals surface area contributed by atoms with Gasteiger partial charge in [-0.15, -0.1) is 0 Å². The Morgan fingerprint density at radius 3 is 2.47 bits per heavy atom. The summed E-state index contributed by atoms with van der Waals surface area (Å²) < 4.78 is 5.72. The average molecular weight is 271 g/mol. The molecule has 0 aliphatic rings. The molecule has 2 nitrogen and oxygen atoms in total. The van der Waals surface area contributed by atoms with Crippen molar-refractivity contribution in [3.05, 3.63) is 69.5 Å². The van der Waals surface area contributed by atoms with Crippen LogP contribution < -0.4 is 5.43 Å². The van der Waals surface area contributed by atoms with E-state index in [0.29, 0.717) is 27.3 Å². The van der Waals surface area contributed by atoms with Crippen molar-refractivity contribution in [3.63, 3.8) is 0 Å². The summed E-state index contributed by atoms with van der Waals surface area (Å²) in [5.41, 5.74) is 1.85. The number of hydrogen-bond acceptors (Lipinski definition) is 2. The zero-order valence-corrected chi connectivity index (χ0v) is 11.1. The summed E-state index contributed by atoms with van der Waals surface area (Å²) in [6.45, 7) is 1.80. The lowest BCUT2D eigenvalue weighted by atomic mass is 10.0. The monoisotopic (exact) mass is 270 g/mol. The van der Waals surface area contributed by atoms with Crippen molar-refractivity contribution in [3.8, 4) is 11.1 Å². The molecule has 3 heteroatoms. The van der Waals surface area contributed by atoms with Gasteiger partial charge in [0.1, 0.15) is 11.3 Å². The van der Waals surface area contributed by atoms with Crippen LogP contribution in [-0.2, 0) is 0 Å². The summed E-state index contributed by atoms with van der Waals surface area (Å²) in [4.78, 5) is 12.6. The zero-order chi connectivity index (χ0) is 13.4. The third kappa shape index (κ3) is 1.94. The lowest BCUT2D eigenvalue weighted by molar-refractivity contribution is 0.567. The molecule has 1 heterocycles. The van der Waals surface area contributed by atoms with Crippen LogP contribution in [0.2, 0.25) is 5.02 Å². The second kappa shape index (κ2) is 4.56. The van der Waals surface area contributed by atoms with Crippen LogP contribution in [0, 0.1) is 6.92 Å². The minimum Gasteiger partial charge on any atom is -0.460 e. The van der Waals surface area contributed by atoms with E-state index in [0.717, 1.165) is 5.56 Å². The maximum absolute atomic E-state index is 12.6. The number of rotatable bonds is 1. The highest BCUT2D eigenvalue weighted by molar-refractivity contribution is 6.35. The predicted molar refractivity (Wildman–Crippen MR) is 77.7 cm³/mol. The predicted octanol–water partition coefficient (Wildman–Crippen LogP) is 4.42. The van der Waals surface area contributed by atoms with E-state index in [1.165, 1.54) is 0 Å². The second-order valence-electron chi connectivity index (χ2n) is 4.34. The Morgan fingerprint density at radius 1 is 1.00 bits per heavy atom. The van der Waals surface area contributed by atoms with Gasteiger partial charge in [0.2, 0.25) is 5.43 Å². The maximum atomic E-state index is 12.6. The Kier molecular flexibility index (Phi) is 2.88. The summed E-state index contributed by atoms with van der Waals surface area (Å²) in [7, 11) is 0. The molecule has 0 spiro atoms. The molecule has 0 aliphatic heterocycles. The van der Waals surface area contributed by atoms with E-state index in [9.17, 15) is 4.79 Å². The van der Waals surface area contributed by atoms with Crippen molar-refractivity contribution in [1.29, 1.82) is 0 Å². The van der Waals surface area contributed by atoms with E-state index in [1.54, 1.807) is 25.1 Å². The smallest absolute Gasteiger partial charge is 0.202 e. The van der Waals surface area contributed by atoms with Crippen molar-refractivity contribution >= 4 is 22.6 Å². The van der Waals surface area contributed by atoms with E-state index in [2.05, 4.69) is 0 Å². The molecule has 0 aliphatic carbocycles. The minimum absolute atomic E-state index is 0.0875. The lowest BCUT2D eigenvalue weighted by Gasteiger charge is -2.07. The third-order valence-corrected chi connectivity index (χ3v) is 3.42. The Balaban J connectivity index is 2.45. The number of halogens is 1. The highest BCUT2D eigenvalue weighted by atomic mass is 35.5. The molecule has 0 fully saturated rings. The van der Waals surface area contributed by atoms with Crippen LogP contribution in [0.3, 0.4) is 0 Å². The number of aryl methyl sites for hydroxylation is 1. The third-order valence-electron chi connectivity index (χ3n) is 3.11. The molecule has 0 radical (unpaired) electrons. The molecule has 0 bridgehead atoms. The zero-order valence-electron chi connectivity index (χ0n) is 10.3. The van der Waals surface area contributed by atoms with Crippen LogP contribution in [0.1, 0.15) is 5.76 Å². The van der Waals surface area contributed by atoms with Crippen LogP contribution in [0.5, 0.6) is 0 Å². The Hall–Kier alpha value is -2.06. The van der Waals surface area contributed by atoms with Gasteiger partial charge < -0.3 is 4.42 Å². The van der Waals surface area contributed by atoms with Gasteiger partial charge in [0.15, 0.2) is 0 Å². The summed E-state index contributed by atoms with van der Waals surface area (Å²) in [6.07, 6.45) is 0. The van der Waals surface area contributed by atoms with E-state index >= 15 is 0 Å². The molecule has 3 aromatic rings. The normalized spacial score (nSPS) is 10.8. The minimum atomic E-state index is -0.0875. The molecule has 0 unspecified atom stereocenters. The summed E-state index contributed by atoms with van der Waals surface area (Å²) in [5, 5.41) is 0.858. The van der Waals surface area contributed by atoms with Crippen LogP contribution in [0.4, 0.5) is 0 Å². The molecule has 94 valence electrons. The quantitative estimate of drug-likeness (QED) is 0.655. The van der Waals surface area contributed by atoms with Crippen molar-refractivity contribution in [2.75, 3.05) is 0 Å². The Labute approximate surface area is 115 Å². The van der Waals surface area contributed by atoms with E-state index in [1.807, 2.05) is 30.3 Å². The molecule has 0 saturated carbocycles. The van der Waals surface area contributed by atoms with Gasteiger partial charge in [-0.2, -0.15) is 0 Å². The first-order chi connectivity index (χ1) is 9.18. The molecule has 0 amide bonds. The number of hydrogen-bond donors (Lipinski definition) is 0. The van der Waals surface area contributed by atoms with Crippen molar-refractivity contribution < 1.29 is 4.42 Å². The Morgan fingerprint density at radius 2 is 1.74 bits per heavy atom. The summed E-state index contributed by atoms with van der Waals surface area (Å²) in [6, 6.07) is 14.7. The van der Waals surface area contributed by atoms with Crippen molar-refractivity contribution in [2.24, 2.45) is 0 Å². The van der Waals surface area contributed by atoms with Crippen LogP contribution in [0.15, 0.2) is 57.7 Å². The molecule has 0 N–H and O–H groups in total. The van der Waals surface area contributed by atoms with Crippen LogP contribution >= 0.6 is 11.6 Å². The highest BCUT2D eigenvalue weighted by Crippen LogP contribution is 2.27. The SMILES string of the molecule is Cc1oc2cccc(Cl)c2c(=O)c1-c1ccccc1. The van der Waals surface area contributed by atoms with E-state index in [4.69, 9.17) is 16.0 Å². The lowest BCUT2D eigenvalue weighted by Crippen LogP contribution is -2.07. The van der Waals surface area contributed by atoms with Gasteiger partial charge in [0, 0.05) is 0 Å². The number of benzene rings is 2. The summed E-state index contributed by atoms with van der Waals surface area (Å²) in [5.74, 6) is 0.603. The first kappa shape index (κ1) is 12.0. The summed E-state index contributed by atoms with van der Waals surface area (Å²) >= 11 is 6.11. The molecule has 0 saturated heterocycles. The first-order valence-corrected chi connectivity index (χ1v) is 6.33. The average Bonchev–Trinajstić information content (AvgIpc) is 2.39. The van der Waals surface area contributed by atoms with Crippen molar-refractivity contribution in [1.82, 2.24) is 0 Å². The largest absolute Gasteiger partial charge is 0.460 e. The van der Waals surface area contributed by atoms with Gasteiger partial charge in [-0.3, -0.25) is 4.79 Å². The van der Waals surface area contributed by atoms with E-state index in [-0.39, 0.29) is 5.43 Å². The molecular formula is C16H11ClO2. The fraction of sp³-hybridized carbons (Fsp3) is 0.0625. The molecule has 0 atom stereocenters. The number of fused-ring (bicyclic) bond motifs is 1. The van der Waals surface area contributed by atoms with Gasteiger partial charge in [-0.05, 0) is 24.6 Å². The Bertz CT molecular complexity index is 804. The highest BCUT2D eigenvalue weighted by Gasteiger charge is 2.14. The van der Waals surface area contributed by atoms with Gasteiger partial charge in [-0.25, -0.2) is 0 Å². The van der Waals surface area contributed by atoms with Crippen LogP contribution in [-0.4, -0.2) is 0 Å². The van der Waals surface area contributed by atoms with Gasteiger partial charge in [-0.1, -0.05) is 48.0 Å². The molecule has 19 heavy (non-hydrogen) atoms. The fourth-order valence-electron chi connectivity index (χ4n) is 2.25. The second-order valence-corrected chi connectivity index (χ2v) is 4.75. The molecular weight excluding hydrogens is 260 g/mol. The molecule has 3 rings (SSSR count).